The minimum atomic E-state index is 0.712. The topological polar surface area (TPSA) is 34.0 Å². The van der Waals surface area contributed by atoms with Crippen LogP contribution in [0.4, 0.5) is 5.95 Å². The second kappa shape index (κ2) is 8.67. The summed E-state index contributed by atoms with van der Waals surface area (Å²) in [5, 5.41) is 11.7. The molecule has 0 aliphatic rings. The Kier molecular flexibility index (Phi) is 5.42. The van der Waals surface area contributed by atoms with Crippen molar-refractivity contribution in [2.45, 2.75) is 20.0 Å². The SMILES string of the molecule is Cc1ccc(Cn2c(-c3ccc4ccccc4c3)nnc2N(C)Cc2ccccc2)cc1. The second-order valence-corrected chi connectivity index (χ2v) is 8.30. The highest BCUT2D eigenvalue weighted by Gasteiger charge is 2.18. The van der Waals surface area contributed by atoms with Crippen molar-refractivity contribution in [2.75, 3.05) is 11.9 Å². The first-order valence-electron chi connectivity index (χ1n) is 10.9. The van der Waals surface area contributed by atoms with Gasteiger partial charge in [0.25, 0.3) is 0 Å². The Balaban J connectivity index is 1.56. The van der Waals surface area contributed by atoms with Gasteiger partial charge < -0.3 is 4.90 Å². The fourth-order valence-electron chi connectivity index (χ4n) is 4.07. The van der Waals surface area contributed by atoms with Crippen LogP contribution in [-0.2, 0) is 13.1 Å². The minimum Gasteiger partial charge on any atom is -0.340 e. The number of hydrogen-bond donors (Lipinski definition) is 0. The van der Waals surface area contributed by atoms with E-state index < -0.39 is 0 Å². The van der Waals surface area contributed by atoms with E-state index in [0.29, 0.717) is 6.54 Å². The van der Waals surface area contributed by atoms with Crippen LogP contribution in [0, 0.1) is 6.92 Å². The summed E-state index contributed by atoms with van der Waals surface area (Å²) in [5.41, 5.74) is 4.80. The molecule has 158 valence electrons. The van der Waals surface area contributed by atoms with Gasteiger partial charge in [-0.3, -0.25) is 4.57 Å². The lowest BCUT2D eigenvalue weighted by Gasteiger charge is -2.20. The van der Waals surface area contributed by atoms with Crippen LogP contribution in [0.3, 0.4) is 0 Å². The number of aryl methyl sites for hydroxylation is 1. The van der Waals surface area contributed by atoms with Crippen molar-refractivity contribution in [1.29, 1.82) is 0 Å². The number of fused-ring (bicyclic) bond motifs is 1. The van der Waals surface area contributed by atoms with Crippen LogP contribution >= 0.6 is 0 Å². The van der Waals surface area contributed by atoms with E-state index in [4.69, 9.17) is 0 Å². The Morgan fingerprint density at radius 3 is 2.22 bits per heavy atom. The van der Waals surface area contributed by atoms with E-state index in [2.05, 4.69) is 125 Å². The van der Waals surface area contributed by atoms with Gasteiger partial charge in [-0.1, -0.05) is 96.6 Å². The Hall–Kier alpha value is -3.92. The molecule has 0 aliphatic carbocycles. The highest BCUT2D eigenvalue weighted by molar-refractivity contribution is 5.86. The highest BCUT2D eigenvalue weighted by atomic mass is 15.4. The van der Waals surface area contributed by atoms with Crippen molar-refractivity contribution >= 4 is 16.7 Å². The van der Waals surface area contributed by atoms with Gasteiger partial charge in [0, 0.05) is 19.2 Å². The number of rotatable bonds is 6. The molecular formula is C28H26N4. The molecule has 0 saturated carbocycles. The molecule has 5 aromatic rings. The van der Waals surface area contributed by atoms with Crippen molar-refractivity contribution in [3.8, 4) is 11.4 Å². The molecule has 0 unspecified atom stereocenters. The normalized spacial score (nSPS) is 11.1. The van der Waals surface area contributed by atoms with E-state index in [1.807, 2.05) is 6.07 Å². The molecule has 0 amide bonds. The van der Waals surface area contributed by atoms with Gasteiger partial charge in [-0.2, -0.15) is 0 Å². The van der Waals surface area contributed by atoms with E-state index in [9.17, 15) is 0 Å². The predicted octanol–water partition coefficient (Wildman–Crippen LogP) is 6.09. The summed E-state index contributed by atoms with van der Waals surface area (Å²) in [5.74, 6) is 1.74. The molecule has 0 N–H and O–H groups in total. The summed E-state index contributed by atoms with van der Waals surface area (Å²) < 4.78 is 2.22. The first kappa shape index (κ1) is 20.0. The van der Waals surface area contributed by atoms with Crippen LogP contribution in [0.1, 0.15) is 16.7 Å². The summed E-state index contributed by atoms with van der Waals surface area (Å²) in [6, 6.07) is 34.0. The van der Waals surface area contributed by atoms with Crippen LogP contribution in [-0.4, -0.2) is 21.8 Å². The molecule has 1 heterocycles. The summed E-state index contributed by atoms with van der Waals surface area (Å²) in [6.45, 7) is 3.59. The molecule has 0 saturated heterocycles. The Labute approximate surface area is 188 Å². The number of nitrogens with zero attached hydrogens (tertiary/aromatic N) is 4. The zero-order valence-electron chi connectivity index (χ0n) is 18.4. The summed E-state index contributed by atoms with van der Waals surface area (Å²) in [7, 11) is 2.08. The maximum Gasteiger partial charge on any atom is 0.227 e. The van der Waals surface area contributed by atoms with Gasteiger partial charge in [0.05, 0.1) is 6.54 Å². The third-order valence-corrected chi connectivity index (χ3v) is 5.80. The zero-order chi connectivity index (χ0) is 21.9. The fourth-order valence-corrected chi connectivity index (χ4v) is 4.07. The van der Waals surface area contributed by atoms with E-state index in [1.165, 1.54) is 27.5 Å². The van der Waals surface area contributed by atoms with Crippen molar-refractivity contribution in [1.82, 2.24) is 14.8 Å². The Morgan fingerprint density at radius 2 is 1.44 bits per heavy atom. The minimum absolute atomic E-state index is 0.712. The lowest BCUT2D eigenvalue weighted by molar-refractivity contribution is 0.754. The van der Waals surface area contributed by atoms with Crippen LogP contribution in [0.15, 0.2) is 97.1 Å². The van der Waals surface area contributed by atoms with Gasteiger partial charge in [-0.15, -0.1) is 10.2 Å². The monoisotopic (exact) mass is 418 g/mol. The van der Waals surface area contributed by atoms with Crippen LogP contribution in [0.25, 0.3) is 22.2 Å². The molecule has 1 aromatic heterocycles. The third-order valence-electron chi connectivity index (χ3n) is 5.80. The molecule has 0 atom stereocenters. The van der Waals surface area contributed by atoms with E-state index in [-0.39, 0.29) is 0 Å². The van der Waals surface area contributed by atoms with E-state index in [0.717, 1.165) is 23.9 Å². The first-order chi connectivity index (χ1) is 15.7. The Morgan fingerprint density at radius 1 is 0.719 bits per heavy atom. The quantitative estimate of drug-likeness (QED) is 0.334. The number of anilines is 1. The highest BCUT2D eigenvalue weighted by Crippen LogP contribution is 2.27. The smallest absolute Gasteiger partial charge is 0.227 e. The number of benzene rings is 4. The zero-order valence-corrected chi connectivity index (χ0v) is 18.4. The van der Waals surface area contributed by atoms with Crippen LogP contribution in [0.5, 0.6) is 0 Å². The van der Waals surface area contributed by atoms with Crippen molar-refractivity contribution in [3.63, 3.8) is 0 Å². The van der Waals surface area contributed by atoms with Gasteiger partial charge in [-0.05, 0) is 34.9 Å². The number of aromatic nitrogens is 3. The molecule has 0 fully saturated rings. The molecule has 4 nitrogen and oxygen atoms in total. The van der Waals surface area contributed by atoms with Gasteiger partial charge in [0.2, 0.25) is 5.95 Å². The van der Waals surface area contributed by atoms with E-state index in [1.54, 1.807) is 0 Å². The lowest BCUT2D eigenvalue weighted by atomic mass is 10.1. The predicted molar refractivity (Wildman–Crippen MR) is 132 cm³/mol. The van der Waals surface area contributed by atoms with Gasteiger partial charge in [0.1, 0.15) is 0 Å². The average molecular weight is 419 g/mol. The Bertz CT molecular complexity index is 1340. The molecule has 0 spiro atoms. The lowest BCUT2D eigenvalue weighted by Crippen LogP contribution is -2.21. The average Bonchev–Trinajstić information content (AvgIpc) is 3.24. The molecule has 32 heavy (non-hydrogen) atoms. The first-order valence-corrected chi connectivity index (χ1v) is 10.9. The van der Waals surface area contributed by atoms with Crippen LogP contribution < -0.4 is 4.90 Å². The summed E-state index contributed by atoms with van der Waals surface area (Å²) in [6.07, 6.45) is 0. The van der Waals surface area contributed by atoms with Crippen LogP contribution in [0.2, 0.25) is 0 Å². The van der Waals surface area contributed by atoms with Gasteiger partial charge >= 0.3 is 0 Å². The van der Waals surface area contributed by atoms with E-state index >= 15 is 0 Å². The van der Waals surface area contributed by atoms with Crippen molar-refractivity contribution < 1.29 is 0 Å². The molecule has 4 aromatic carbocycles. The largest absolute Gasteiger partial charge is 0.340 e. The molecule has 5 rings (SSSR count). The third kappa shape index (κ3) is 4.12. The maximum absolute atomic E-state index is 4.64. The fraction of sp³-hybridized carbons (Fsp3) is 0.143. The maximum atomic E-state index is 4.64. The molecule has 0 radical (unpaired) electrons. The van der Waals surface area contributed by atoms with Crippen molar-refractivity contribution in [3.05, 3.63) is 114 Å². The summed E-state index contributed by atoms with van der Waals surface area (Å²) in [4.78, 5) is 2.17. The molecule has 0 bridgehead atoms. The molecule has 0 aliphatic heterocycles. The van der Waals surface area contributed by atoms with Crippen molar-refractivity contribution in [2.24, 2.45) is 0 Å². The molecular weight excluding hydrogens is 392 g/mol. The standard InChI is InChI=1S/C28H26N4/c1-21-12-14-23(15-13-21)20-32-27(26-17-16-24-10-6-7-11-25(24)18-26)29-30-28(32)31(2)19-22-8-4-3-5-9-22/h3-18H,19-20H2,1-2H3. The van der Waals surface area contributed by atoms with Gasteiger partial charge in [-0.25, -0.2) is 0 Å². The van der Waals surface area contributed by atoms with Gasteiger partial charge in [0.15, 0.2) is 5.82 Å². The summed E-state index contributed by atoms with van der Waals surface area (Å²) >= 11 is 0. The second-order valence-electron chi connectivity index (χ2n) is 8.30. The number of hydrogen-bond acceptors (Lipinski definition) is 3. The molecule has 4 heteroatoms.